The maximum atomic E-state index is 4.25. The first-order valence-corrected chi connectivity index (χ1v) is 6.71. The molecule has 2 aromatic heterocycles. The molecular formula is C14H13N3S. The van der Waals surface area contributed by atoms with Crippen LogP contribution in [0.15, 0.2) is 41.8 Å². The van der Waals surface area contributed by atoms with Crippen LogP contribution in [0.3, 0.4) is 0 Å². The van der Waals surface area contributed by atoms with E-state index >= 15 is 0 Å². The maximum absolute atomic E-state index is 4.25. The summed E-state index contributed by atoms with van der Waals surface area (Å²) in [4.78, 5) is 1.29. The minimum atomic E-state index is 0.791. The molecule has 4 heteroatoms. The molecule has 0 amide bonds. The lowest BCUT2D eigenvalue weighted by Crippen LogP contribution is -2.03. The molecule has 0 bridgehead atoms. The topological polar surface area (TPSA) is 37.8 Å². The molecule has 0 aliphatic heterocycles. The van der Waals surface area contributed by atoms with Gasteiger partial charge in [0.1, 0.15) is 0 Å². The van der Waals surface area contributed by atoms with Crippen molar-refractivity contribution in [1.29, 1.82) is 0 Å². The van der Waals surface area contributed by atoms with Gasteiger partial charge in [-0.05, 0) is 18.4 Å². The minimum absolute atomic E-state index is 0.791. The third kappa shape index (κ3) is 2.07. The lowest BCUT2D eigenvalue weighted by molar-refractivity contribution is 0.986. The van der Waals surface area contributed by atoms with E-state index in [0.29, 0.717) is 0 Å². The first-order chi connectivity index (χ1) is 8.84. The second-order valence-electron chi connectivity index (χ2n) is 4.11. The highest BCUT2D eigenvalue weighted by molar-refractivity contribution is 7.09. The van der Waals surface area contributed by atoms with Crippen LogP contribution in [0.25, 0.3) is 10.8 Å². The second kappa shape index (κ2) is 4.74. The lowest BCUT2D eigenvalue weighted by Gasteiger charge is -2.08. The molecule has 1 N–H and O–H groups in total. The van der Waals surface area contributed by atoms with Crippen molar-refractivity contribution in [3.8, 4) is 0 Å². The van der Waals surface area contributed by atoms with E-state index in [1.165, 1.54) is 4.88 Å². The summed E-state index contributed by atoms with van der Waals surface area (Å²) in [6.07, 6.45) is 0. The third-order valence-corrected chi connectivity index (χ3v) is 3.76. The number of benzene rings is 1. The molecule has 0 atom stereocenters. The molecule has 3 aromatic rings. The summed E-state index contributed by atoms with van der Waals surface area (Å²) < 4.78 is 0. The molecule has 0 aliphatic rings. The normalized spacial score (nSPS) is 10.7. The van der Waals surface area contributed by atoms with Crippen LogP contribution in [0.5, 0.6) is 0 Å². The van der Waals surface area contributed by atoms with Crippen LogP contribution in [-0.4, -0.2) is 10.2 Å². The average Bonchev–Trinajstić information content (AvgIpc) is 2.92. The Bertz CT molecular complexity index is 662. The Morgan fingerprint density at radius 2 is 1.89 bits per heavy atom. The highest BCUT2D eigenvalue weighted by Gasteiger charge is 2.05. The summed E-state index contributed by atoms with van der Waals surface area (Å²) in [7, 11) is 0. The van der Waals surface area contributed by atoms with Gasteiger partial charge in [-0.25, -0.2) is 0 Å². The van der Waals surface area contributed by atoms with Gasteiger partial charge >= 0.3 is 0 Å². The van der Waals surface area contributed by atoms with E-state index in [-0.39, 0.29) is 0 Å². The van der Waals surface area contributed by atoms with Crippen molar-refractivity contribution in [2.45, 2.75) is 13.5 Å². The Labute approximate surface area is 109 Å². The average molecular weight is 255 g/mol. The molecule has 1 aromatic carbocycles. The van der Waals surface area contributed by atoms with E-state index in [4.69, 9.17) is 0 Å². The van der Waals surface area contributed by atoms with Gasteiger partial charge in [0.25, 0.3) is 0 Å². The first kappa shape index (κ1) is 11.2. The number of thiophene rings is 1. The monoisotopic (exact) mass is 255 g/mol. The fourth-order valence-electron chi connectivity index (χ4n) is 1.95. The van der Waals surface area contributed by atoms with Crippen LogP contribution in [0.1, 0.15) is 10.6 Å². The van der Waals surface area contributed by atoms with Gasteiger partial charge in [-0.1, -0.05) is 30.3 Å². The molecule has 0 aliphatic carbocycles. The van der Waals surface area contributed by atoms with Crippen LogP contribution in [0.4, 0.5) is 5.82 Å². The fourth-order valence-corrected chi connectivity index (χ4v) is 2.60. The van der Waals surface area contributed by atoms with Gasteiger partial charge in [-0.2, -0.15) is 5.10 Å². The van der Waals surface area contributed by atoms with Crippen molar-refractivity contribution in [1.82, 2.24) is 10.2 Å². The number of fused-ring (bicyclic) bond motifs is 1. The van der Waals surface area contributed by atoms with Crippen LogP contribution >= 0.6 is 11.3 Å². The molecule has 0 saturated heterocycles. The van der Waals surface area contributed by atoms with E-state index in [2.05, 4.69) is 45.2 Å². The van der Waals surface area contributed by atoms with Gasteiger partial charge in [0, 0.05) is 15.6 Å². The zero-order valence-corrected chi connectivity index (χ0v) is 10.9. The molecule has 0 saturated carbocycles. The number of hydrogen-bond donors (Lipinski definition) is 1. The first-order valence-electron chi connectivity index (χ1n) is 5.83. The van der Waals surface area contributed by atoms with Crippen molar-refractivity contribution >= 4 is 27.9 Å². The molecule has 0 unspecified atom stereocenters. The van der Waals surface area contributed by atoms with E-state index < -0.39 is 0 Å². The van der Waals surface area contributed by atoms with Gasteiger partial charge in [0.2, 0.25) is 0 Å². The maximum Gasteiger partial charge on any atom is 0.156 e. The zero-order valence-electron chi connectivity index (χ0n) is 10.1. The van der Waals surface area contributed by atoms with Crippen molar-refractivity contribution in [2.75, 3.05) is 5.32 Å². The molecule has 3 nitrogen and oxygen atoms in total. The Kier molecular flexibility index (Phi) is 2.94. The van der Waals surface area contributed by atoms with Crippen LogP contribution in [0, 0.1) is 6.92 Å². The van der Waals surface area contributed by atoms with Gasteiger partial charge in [0.05, 0.1) is 12.2 Å². The molecule has 0 spiro atoms. The largest absolute Gasteiger partial charge is 0.363 e. The van der Waals surface area contributed by atoms with E-state index in [9.17, 15) is 0 Å². The fraction of sp³-hybridized carbons (Fsp3) is 0.143. The summed E-state index contributed by atoms with van der Waals surface area (Å²) in [6.45, 7) is 2.78. The molecule has 18 heavy (non-hydrogen) atoms. The Hall–Kier alpha value is -1.94. The van der Waals surface area contributed by atoms with Crippen molar-refractivity contribution in [3.63, 3.8) is 0 Å². The van der Waals surface area contributed by atoms with Crippen molar-refractivity contribution in [2.24, 2.45) is 0 Å². The predicted octanol–water partition coefficient (Wildman–Crippen LogP) is 3.61. The highest BCUT2D eigenvalue weighted by Crippen LogP contribution is 2.23. The molecule has 2 heterocycles. The number of hydrogen-bond acceptors (Lipinski definition) is 4. The Balaban J connectivity index is 1.94. The standard InChI is InChI=1S/C14H13N3S/c1-10-12-6-2-3-7-13(12)14(17-16-10)15-9-11-5-4-8-18-11/h2-8H,9H2,1H3,(H,15,17). The van der Waals surface area contributed by atoms with Crippen LogP contribution < -0.4 is 5.32 Å². The van der Waals surface area contributed by atoms with E-state index in [0.717, 1.165) is 28.8 Å². The smallest absolute Gasteiger partial charge is 0.156 e. The Morgan fingerprint density at radius 3 is 2.67 bits per heavy atom. The quantitative estimate of drug-likeness (QED) is 0.777. The second-order valence-corrected chi connectivity index (χ2v) is 5.14. The Morgan fingerprint density at radius 1 is 1.06 bits per heavy atom. The molecule has 90 valence electrons. The number of nitrogens with one attached hydrogen (secondary N) is 1. The summed E-state index contributed by atoms with van der Waals surface area (Å²) in [5.74, 6) is 0.851. The summed E-state index contributed by atoms with van der Waals surface area (Å²) in [5, 5.41) is 16.2. The van der Waals surface area contributed by atoms with Gasteiger partial charge < -0.3 is 5.32 Å². The molecule has 3 rings (SSSR count). The summed E-state index contributed by atoms with van der Waals surface area (Å²) in [6, 6.07) is 12.4. The number of aromatic nitrogens is 2. The highest BCUT2D eigenvalue weighted by atomic mass is 32.1. The predicted molar refractivity (Wildman–Crippen MR) is 75.9 cm³/mol. The molecular weight excluding hydrogens is 242 g/mol. The van der Waals surface area contributed by atoms with Crippen molar-refractivity contribution in [3.05, 3.63) is 52.3 Å². The van der Waals surface area contributed by atoms with Gasteiger partial charge in [0.15, 0.2) is 5.82 Å². The number of anilines is 1. The lowest BCUT2D eigenvalue weighted by atomic mass is 10.1. The van der Waals surface area contributed by atoms with E-state index in [1.807, 2.05) is 19.1 Å². The summed E-state index contributed by atoms with van der Waals surface area (Å²) in [5.41, 5.74) is 0.965. The zero-order chi connectivity index (χ0) is 12.4. The summed E-state index contributed by atoms with van der Waals surface area (Å²) >= 11 is 1.74. The van der Waals surface area contributed by atoms with Crippen LogP contribution in [0.2, 0.25) is 0 Å². The van der Waals surface area contributed by atoms with Crippen molar-refractivity contribution < 1.29 is 0 Å². The van der Waals surface area contributed by atoms with E-state index in [1.54, 1.807) is 11.3 Å². The minimum Gasteiger partial charge on any atom is -0.363 e. The van der Waals surface area contributed by atoms with Crippen LogP contribution in [-0.2, 0) is 6.54 Å². The SMILES string of the molecule is Cc1nnc(NCc2cccs2)c2ccccc12. The third-order valence-electron chi connectivity index (χ3n) is 2.88. The van der Waals surface area contributed by atoms with Gasteiger partial charge in [-0.3, -0.25) is 0 Å². The number of aryl methyl sites for hydroxylation is 1. The molecule has 0 fully saturated rings. The van der Waals surface area contributed by atoms with Gasteiger partial charge in [-0.15, -0.1) is 16.4 Å². The molecule has 0 radical (unpaired) electrons. The number of nitrogens with zero attached hydrogens (tertiary/aromatic N) is 2. The number of rotatable bonds is 3.